The average Bonchev–Trinajstić information content (AvgIpc) is 2.74. The van der Waals surface area contributed by atoms with Gasteiger partial charge in [0.2, 0.25) is 0 Å². The highest BCUT2D eigenvalue weighted by Crippen LogP contribution is 2.33. The molecule has 0 saturated heterocycles. The zero-order valence-electron chi connectivity index (χ0n) is 17.0. The van der Waals surface area contributed by atoms with Crippen LogP contribution in [0, 0.1) is 11.3 Å². The molecule has 1 aromatic carbocycles. The summed E-state index contributed by atoms with van der Waals surface area (Å²) in [5.74, 6) is -0.618. The van der Waals surface area contributed by atoms with Crippen molar-refractivity contribution in [2.45, 2.75) is 51.9 Å². The first-order valence-electron chi connectivity index (χ1n) is 10.2. The fourth-order valence-corrected chi connectivity index (χ4v) is 3.32. The van der Waals surface area contributed by atoms with Gasteiger partial charge in [0.1, 0.15) is 11.6 Å². The van der Waals surface area contributed by atoms with Crippen molar-refractivity contribution in [2.75, 3.05) is 18.6 Å². The van der Waals surface area contributed by atoms with Gasteiger partial charge in [-0.15, -0.1) is 0 Å². The second-order valence-electron chi connectivity index (χ2n) is 6.95. The van der Waals surface area contributed by atoms with Crippen molar-refractivity contribution in [1.82, 2.24) is 0 Å². The zero-order valence-corrected chi connectivity index (χ0v) is 17.0. The molecule has 4 heteroatoms. The molecule has 1 aliphatic rings. The number of ether oxygens (including phenoxy) is 1. The Kier molecular flexibility index (Phi) is 9.07. The van der Waals surface area contributed by atoms with E-state index in [1.165, 1.54) is 58.1 Å². The number of esters is 1. The number of rotatable bonds is 10. The van der Waals surface area contributed by atoms with Gasteiger partial charge < -0.3 is 9.64 Å². The van der Waals surface area contributed by atoms with Crippen molar-refractivity contribution < 1.29 is 9.53 Å². The molecule has 0 atom stereocenters. The van der Waals surface area contributed by atoms with E-state index in [1.54, 1.807) is 6.08 Å². The van der Waals surface area contributed by atoms with Gasteiger partial charge in [0.25, 0.3) is 0 Å². The van der Waals surface area contributed by atoms with Gasteiger partial charge >= 0.3 is 5.97 Å². The molecule has 1 aromatic rings. The van der Waals surface area contributed by atoms with Crippen LogP contribution in [0.4, 0.5) is 5.69 Å². The Morgan fingerprint density at radius 3 is 2.57 bits per heavy atom. The summed E-state index contributed by atoms with van der Waals surface area (Å²) in [6.07, 6.45) is 16.5. The fraction of sp³-hybridized carbons (Fsp3) is 0.417. The molecule has 0 spiro atoms. The molecule has 0 bridgehead atoms. The molecule has 148 valence electrons. The number of para-hydroxylation sites is 1. The first kappa shape index (κ1) is 21.5. The maximum atomic E-state index is 11.6. The standard InChI is InChI=1S/C24H30N2O2/c1-3-4-5-6-7-8-11-17-26-18-16-20(22-12-9-10-13-23(22)26)14-15-21(19-25)24(27)28-2/h9-10,12-16,18H,3-8,11,17H2,1-2H3/b20-14+,21-15+. The van der Waals surface area contributed by atoms with Gasteiger partial charge in [-0.2, -0.15) is 5.26 Å². The number of carbonyl (C=O) groups excluding carboxylic acids is 1. The highest BCUT2D eigenvalue weighted by molar-refractivity contribution is 5.94. The fourth-order valence-electron chi connectivity index (χ4n) is 3.32. The zero-order chi connectivity index (χ0) is 20.2. The van der Waals surface area contributed by atoms with Crippen LogP contribution in [0.2, 0.25) is 0 Å². The summed E-state index contributed by atoms with van der Waals surface area (Å²) in [5, 5.41) is 9.11. The van der Waals surface area contributed by atoms with Crippen LogP contribution in [0.15, 0.2) is 54.3 Å². The van der Waals surface area contributed by atoms with E-state index in [1.807, 2.05) is 24.3 Å². The van der Waals surface area contributed by atoms with E-state index < -0.39 is 5.97 Å². The van der Waals surface area contributed by atoms with Crippen LogP contribution in [-0.4, -0.2) is 19.6 Å². The number of hydrogen-bond donors (Lipinski definition) is 0. The number of benzene rings is 1. The summed E-state index contributed by atoms with van der Waals surface area (Å²) < 4.78 is 4.63. The predicted octanol–water partition coefficient (Wildman–Crippen LogP) is 5.78. The molecule has 0 unspecified atom stereocenters. The van der Waals surface area contributed by atoms with Gasteiger partial charge in [-0.1, -0.05) is 69.7 Å². The summed E-state index contributed by atoms with van der Waals surface area (Å²) in [6, 6.07) is 10.1. The second-order valence-corrected chi connectivity index (χ2v) is 6.95. The Morgan fingerprint density at radius 1 is 1.14 bits per heavy atom. The molecule has 0 fully saturated rings. The number of unbranched alkanes of at least 4 members (excludes halogenated alkanes) is 6. The third kappa shape index (κ3) is 6.13. The lowest BCUT2D eigenvalue weighted by atomic mass is 9.98. The smallest absolute Gasteiger partial charge is 0.348 e. The molecule has 28 heavy (non-hydrogen) atoms. The van der Waals surface area contributed by atoms with Crippen molar-refractivity contribution in [2.24, 2.45) is 0 Å². The summed E-state index contributed by atoms with van der Waals surface area (Å²) in [6.45, 7) is 3.24. The third-order valence-corrected chi connectivity index (χ3v) is 4.92. The molecule has 0 radical (unpaired) electrons. The Labute approximate surface area is 168 Å². The number of fused-ring (bicyclic) bond motifs is 1. The minimum atomic E-state index is -0.618. The maximum Gasteiger partial charge on any atom is 0.348 e. The van der Waals surface area contributed by atoms with Gasteiger partial charge in [-0.3, -0.25) is 0 Å². The molecule has 0 aromatic heterocycles. The van der Waals surface area contributed by atoms with E-state index >= 15 is 0 Å². The number of anilines is 1. The van der Waals surface area contributed by atoms with Crippen LogP contribution in [0.1, 0.15) is 57.4 Å². The third-order valence-electron chi connectivity index (χ3n) is 4.92. The molecule has 1 aliphatic heterocycles. The van der Waals surface area contributed by atoms with Crippen LogP contribution in [-0.2, 0) is 9.53 Å². The maximum absolute atomic E-state index is 11.6. The summed E-state index contributed by atoms with van der Waals surface area (Å²) in [5.41, 5.74) is 3.23. The van der Waals surface area contributed by atoms with Crippen molar-refractivity contribution in [3.8, 4) is 6.07 Å². The second kappa shape index (κ2) is 11.8. The number of carbonyl (C=O) groups is 1. The first-order valence-corrected chi connectivity index (χ1v) is 10.2. The van der Waals surface area contributed by atoms with E-state index in [9.17, 15) is 4.79 Å². The highest BCUT2D eigenvalue weighted by atomic mass is 16.5. The average molecular weight is 379 g/mol. The minimum absolute atomic E-state index is 0.00798. The summed E-state index contributed by atoms with van der Waals surface area (Å²) in [4.78, 5) is 13.9. The largest absolute Gasteiger partial charge is 0.465 e. The molecule has 0 N–H and O–H groups in total. The van der Waals surface area contributed by atoms with Crippen LogP contribution in [0.25, 0.3) is 5.57 Å². The van der Waals surface area contributed by atoms with Gasteiger partial charge in [-0.05, 0) is 30.2 Å². The van der Waals surface area contributed by atoms with E-state index in [4.69, 9.17) is 5.26 Å². The van der Waals surface area contributed by atoms with Gasteiger partial charge in [0.15, 0.2) is 0 Å². The SMILES string of the molecule is CCCCCCCCCN1C=C/C(=C\C=C(/C#N)C(=O)OC)c2ccccc21. The van der Waals surface area contributed by atoms with Gasteiger partial charge in [-0.25, -0.2) is 4.79 Å². The summed E-state index contributed by atoms with van der Waals surface area (Å²) >= 11 is 0. The van der Waals surface area contributed by atoms with Crippen LogP contribution in [0.5, 0.6) is 0 Å². The topological polar surface area (TPSA) is 53.3 Å². The predicted molar refractivity (Wildman–Crippen MR) is 115 cm³/mol. The number of nitrogens with zero attached hydrogens (tertiary/aromatic N) is 2. The molecule has 0 saturated carbocycles. The molecule has 0 aliphatic carbocycles. The van der Waals surface area contributed by atoms with E-state index in [0.29, 0.717) is 0 Å². The van der Waals surface area contributed by atoms with Crippen LogP contribution >= 0.6 is 0 Å². The van der Waals surface area contributed by atoms with Crippen molar-refractivity contribution in [1.29, 1.82) is 5.26 Å². The lowest BCUT2D eigenvalue weighted by Crippen LogP contribution is -2.21. The normalized spacial score (nSPS) is 14.7. The monoisotopic (exact) mass is 378 g/mol. The molecule has 0 amide bonds. The Hall–Kier alpha value is -2.80. The van der Waals surface area contributed by atoms with Crippen LogP contribution < -0.4 is 4.90 Å². The van der Waals surface area contributed by atoms with Crippen molar-refractivity contribution in [3.63, 3.8) is 0 Å². The summed E-state index contributed by atoms with van der Waals surface area (Å²) in [7, 11) is 1.28. The molecule has 2 rings (SSSR count). The number of allylic oxidation sites excluding steroid dienone is 4. The quantitative estimate of drug-likeness (QED) is 0.224. The number of nitriles is 1. The first-order chi connectivity index (χ1) is 13.7. The van der Waals surface area contributed by atoms with E-state index in [2.05, 4.69) is 34.9 Å². The Bertz CT molecular complexity index is 784. The van der Waals surface area contributed by atoms with E-state index in [0.717, 1.165) is 23.4 Å². The molecular formula is C24H30N2O2. The van der Waals surface area contributed by atoms with Crippen molar-refractivity contribution in [3.05, 3.63) is 59.8 Å². The Morgan fingerprint density at radius 2 is 1.86 bits per heavy atom. The van der Waals surface area contributed by atoms with Gasteiger partial charge in [0, 0.05) is 24.0 Å². The molecule has 1 heterocycles. The lowest BCUT2D eigenvalue weighted by molar-refractivity contribution is -0.135. The molecular weight excluding hydrogens is 348 g/mol. The lowest BCUT2D eigenvalue weighted by Gasteiger charge is -2.27. The van der Waals surface area contributed by atoms with Crippen LogP contribution in [0.3, 0.4) is 0 Å². The molecule has 4 nitrogen and oxygen atoms in total. The van der Waals surface area contributed by atoms with Crippen molar-refractivity contribution >= 4 is 17.2 Å². The number of hydrogen-bond acceptors (Lipinski definition) is 4. The highest BCUT2D eigenvalue weighted by Gasteiger charge is 2.15. The number of methoxy groups -OCH3 is 1. The Balaban J connectivity index is 2.04. The minimum Gasteiger partial charge on any atom is -0.465 e. The van der Waals surface area contributed by atoms with E-state index in [-0.39, 0.29) is 5.57 Å². The van der Waals surface area contributed by atoms with Gasteiger partial charge in [0.05, 0.1) is 7.11 Å².